The van der Waals surface area contributed by atoms with Gasteiger partial charge in [0, 0.05) is 0 Å². The summed E-state index contributed by atoms with van der Waals surface area (Å²) in [4.78, 5) is 10.6. The Labute approximate surface area is 80.8 Å². The second-order valence-corrected chi connectivity index (χ2v) is 2.53. The molecule has 0 radical (unpaired) electrons. The summed E-state index contributed by atoms with van der Waals surface area (Å²) in [6.07, 6.45) is 0.646. The number of hydrogen-bond donors (Lipinski definition) is 2. The maximum atomic E-state index is 10.6. The minimum atomic E-state index is -0.0921. The minimum absolute atomic E-state index is 0.0921. The number of aldehydes is 1. The molecule has 0 aromatic heterocycles. The van der Waals surface area contributed by atoms with Crippen molar-refractivity contribution in [3.05, 3.63) is 29.3 Å². The molecule has 3 N–H and O–H groups in total. The number of methoxy groups -OCH3 is 1. The van der Waals surface area contributed by atoms with E-state index in [0.717, 1.165) is 0 Å². The lowest BCUT2D eigenvalue weighted by Crippen LogP contribution is -2.15. The van der Waals surface area contributed by atoms with E-state index in [9.17, 15) is 4.79 Å². The Morgan fingerprint density at radius 1 is 1.64 bits per heavy atom. The summed E-state index contributed by atoms with van der Waals surface area (Å²) < 4.78 is 4.99. The van der Waals surface area contributed by atoms with Crippen LogP contribution in [0.15, 0.2) is 23.4 Å². The molecule has 1 aromatic rings. The summed E-state index contributed by atoms with van der Waals surface area (Å²) in [6, 6.07) is 4.81. The Balaban J connectivity index is 3.36. The van der Waals surface area contributed by atoms with Crippen molar-refractivity contribution < 1.29 is 14.7 Å². The van der Waals surface area contributed by atoms with Crippen LogP contribution in [-0.2, 0) is 0 Å². The molecule has 0 spiro atoms. The average molecular weight is 194 g/mol. The quantitative estimate of drug-likeness (QED) is 0.242. The number of rotatable bonds is 3. The third-order valence-corrected chi connectivity index (χ3v) is 1.76. The fraction of sp³-hybridized carbons (Fsp3) is 0.111. The molecule has 74 valence electrons. The van der Waals surface area contributed by atoms with Crippen LogP contribution in [0.4, 0.5) is 0 Å². The molecule has 0 bridgehead atoms. The Morgan fingerprint density at radius 2 is 2.36 bits per heavy atom. The number of carbonyl (C=O) groups excluding carboxylic acids is 1. The van der Waals surface area contributed by atoms with Gasteiger partial charge >= 0.3 is 0 Å². The van der Waals surface area contributed by atoms with Crippen LogP contribution in [0, 0.1) is 0 Å². The fourth-order valence-electron chi connectivity index (χ4n) is 1.13. The molecule has 0 aliphatic rings. The van der Waals surface area contributed by atoms with Crippen molar-refractivity contribution in [1.29, 1.82) is 0 Å². The normalized spacial score (nSPS) is 11.1. The van der Waals surface area contributed by atoms with Crippen LogP contribution in [0.1, 0.15) is 15.9 Å². The summed E-state index contributed by atoms with van der Waals surface area (Å²) in [7, 11) is 1.41. The lowest BCUT2D eigenvalue weighted by Gasteiger charge is -2.08. The third-order valence-electron chi connectivity index (χ3n) is 1.76. The van der Waals surface area contributed by atoms with E-state index >= 15 is 0 Å². The highest BCUT2D eigenvalue weighted by Gasteiger charge is 2.11. The van der Waals surface area contributed by atoms with E-state index in [1.165, 1.54) is 7.11 Å². The highest BCUT2D eigenvalue weighted by Crippen LogP contribution is 2.21. The zero-order valence-corrected chi connectivity index (χ0v) is 7.60. The van der Waals surface area contributed by atoms with E-state index in [-0.39, 0.29) is 5.84 Å². The van der Waals surface area contributed by atoms with Gasteiger partial charge in [0.25, 0.3) is 0 Å². The van der Waals surface area contributed by atoms with Crippen molar-refractivity contribution in [3.8, 4) is 5.75 Å². The van der Waals surface area contributed by atoms with Gasteiger partial charge in [-0.05, 0) is 12.1 Å². The smallest absolute Gasteiger partial charge is 0.173 e. The van der Waals surface area contributed by atoms with Crippen LogP contribution in [0.5, 0.6) is 5.75 Å². The second kappa shape index (κ2) is 4.27. The van der Waals surface area contributed by atoms with E-state index in [0.29, 0.717) is 23.2 Å². The molecule has 0 aliphatic carbocycles. The molecule has 5 heteroatoms. The largest absolute Gasteiger partial charge is 0.495 e. The number of nitrogens with zero attached hydrogens (tertiary/aromatic N) is 1. The number of benzene rings is 1. The first-order chi connectivity index (χ1) is 6.74. The van der Waals surface area contributed by atoms with E-state index in [2.05, 4.69) is 5.16 Å². The fourth-order valence-corrected chi connectivity index (χ4v) is 1.13. The van der Waals surface area contributed by atoms with Gasteiger partial charge in [-0.25, -0.2) is 0 Å². The average Bonchev–Trinajstić information content (AvgIpc) is 2.26. The van der Waals surface area contributed by atoms with Crippen LogP contribution >= 0.6 is 0 Å². The number of nitrogens with two attached hydrogens (primary N) is 1. The Bertz CT molecular complexity index is 374. The molecule has 0 atom stereocenters. The van der Waals surface area contributed by atoms with Crippen LogP contribution in [0.25, 0.3) is 0 Å². The van der Waals surface area contributed by atoms with Gasteiger partial charge in [0.2, 0.25) is 0 Å². The monoisotopic (exact) mass is 194 g/mol. The van der Waals surface area contributed by atoms with Crippen molar-refractivity contribution >= 4 is 12.1 Å². The van der Waals surface area contributed by atoms with E-state index in [1.54, 1.807) is 18.2 Å². The van der Waals surface area contributed by atoms with Crippen LogP contribution in [-0.4, -0.2) is 24.4 Å². The molecule has 14 heavy (non-hydrogen) atoms. The molecule has 0 heterocycles. The summed E-state index contributed by atoms with van der Waals surface area (Å²) in [5.41, 5.74) is 6.14. The van der Waals surface area contributed by atoms with Crippen LogP contribution in [0.3, 0.4) is 0 Å². The maximum Gasteiger partial charge on any atom is 0.173 e. The van der Waals surface area contributed by atoms with Gasteiger partial charge in [0.05, 0.1) is 18.2 Å². The first-order valence-corrected chi connectivity index (χ1v) is 3.84. The molecule has 1 aromatic carbocycles. The molecule has 1 rings (SSSR count). The number of ether oxygens (including phenoxy) is 1. The number of carbonyl (C=O) groups is 1. The molecule has 0 saturated heterocycles. The molecule has 0 amide bonds. The molecular weight excluding hydrogens is 184 g/mol. The predicted octanol–water partition coefficient (Wildman–Crippen LogP) is 0.602. The maximum absolute atomic E-state index is 10.6. The highest BCUT2D eigenvalue weighted by atomic mass is 16.5. The van der Waals surface area contributed by atoms with E-state index in [4.69, 9.17) is 15.7 Å². The first kappa shape index (κ1) is 10.0. The number of para-hydroxylation sites is 1. The van der Waals surface area contributed by atoms with Gasteiger partial charge < -0.3 is 15.7 Å². The molecule has 0 unspecified atom stereocenters. The van der Waals surface area contributed by atoms with E-state index in [1.807, 2.05) is 0 Å². The lowest BCUT2D eigenvalue weighted by molar-refractivity contribution is 0.112. The van der Waals surface area contributed by atoms with Crippen molar-refractivity contribution in [2.45, 2.75) is 0 Å². The van der Waals surface area contributed by atoms with Crippen LogP contribution < -0.4 is 10.5 Å². The predicted molar refractivity (Wildman–Crippen MR) is 50.9 cm³/mol. The standard InChI is InChI=1S/C9H10N2O3/c1-14-8-6(5-12)3-2-4-7(8)9(10)11-13/h2-5,13H,1H3,(H2,10,11). The number of amidine groups is 1. The summed E-state index contributed by atoms with van der Waals surface area (Å²) in [5, 5.41) is 11.3. The van der Waals surface area contributed by atoms with Crippen LogP contribution in [0.2, 0.25) is 0 Å². The zero-order valence-electron chi connectivity index (χ0n) is 7.60. The molecular formula is C9H10N2O3. The van der Waals surface area contributed by atoms with Crippen molar-refractivity contribution in [3.63, 3.8) is 0 Å². The van der Waals surface area contributed by atoms with Crippen molar-refractivity contribution in [2.75, 3.05) is 7.11 Å². The van der Waals surface area contributed by atoms with Gasteiger partial charge in [-0.1, -0.05) is 11.2 Å². The van der Waals surface area contributed by atoms with Gasteiger partial charge in [0.15, 0.2) is 12.1 Å². The van der Waals surface area contributed by atoms with Gasteiger partial charge in [-0.3, -0.25) is 4.79 Å². The molecule has 5 nitrogen and oxygen atoms in total. The number of hydrogen-bond acceptors (Lipinski definition) is 4. The number of oxime groups is 1. The summed E-state index contributed by atoms with van der Waals surface area (Å²) in [5.74, 6) is 0.211. The second-order valence-electron chi connectivity index (χ2n) is 2.53. The lowest BCUT2D eigenvalue weighted by atomic mass is 10.1. The highest BCUT2D eigenvalue weighted by molar-refractivity contribution is 6.01. The molecule has 0 aliphatic heterocycles. The Morgan fingerprint density at radius 3 is 2.86 bits per heavy atom. The van der Waals surface area contributed by atoms with Gasteiger partial charge in [0.1, 0.15) is 5.75 Å². The Kier molecular flexibility index (Phi) is 3.06. The topological polar surface area (TPSA) is 84.9 Å². The van der Waals surface area contributed by atoms with Gasteiger partial charge in [-0.15, -0.1) is 0 Å². The zero-order chi connectivity index (χ0) is 10.6. The van der Waals surface area contributed by atoms with Crippen molar-refractivity contribution in [2.24, 2.45) is 10.9 Å². The first-order valence-electron chi connectivity index (χ1n) is 3.84. The minimum Gasteiger partial charge on any atom is -0.495 e. The summed E-state index contributed by atoms with van der Waals surface area (Å²) in [6.45, 7) is 0. The van der Waals surface area contributed by atoms with Crippen molar-refractivity contribution in [1.82, 2.24) is 0 Å². The third kappa shape index (κ3) is 1.66. The Hall–Kier alpha value is -2.04. The van der Waals surface area contributed by atoms with E-state index < -0.39 is 0 Å². The SMILES string of the molecule is COc1c(C=O)cccc1/C(N)=N/O. The van der Waals surface area contributed by atoms with Gasteiger partial charge in [-0.2, -0.15) is 0 Å². The molecule has 0 fully saturated rings. The summed E-state index contributed by atoms with van der Waals surface area (Å²) >= 11 is 0. The molecule has 0 saturated carbocycles.